The number of rotatable bonds is 8. The van der Waals surface area contributed by atoms with Crippen molar-refractivity contribution in [2.45, 2.75) is 52.6 Å². The van der Waals surface area contributed by atoms with Gasteiger partial charge in [-0.2, -0.15) is 0 Å². The van der Waals surface area contributed by atoms with Gasteiger partial charge in [-0.3, -0.25) is 9.59 Å². The Hall–Kier alpha value is -2.04. The largest absolute Gasteiger partial charge is 0.484 e. The van der Waals surface area contributed by atoms with Crippen molar-refractivity contribution in [2.24, 2.45) is 5.73 Å². The molecule has 0 aliphatic heterocycles. The van der Waals surface area contributed by atoms with Gasteiger partial charge in [0.2, 0.25) is 5.91 Å². The van der Waals surface area contributed by atoms with Crippen LogP contribution in [0.4, 0.5) is 0 Å². The summed E-state index contributed by atoms with van der Waals surface area (Å²) in [5, 5.41) is 0. The Balaban J connectivity index is 2.68. The van der Waals surface area contributed by atoms with Crippen LogP contribution in [0.1, 0.15) is 50.9 Å². The molecular weight excluding hydrogens is 280 g/mol. The second-order valence-corrected chi connectivity index (χ2v) is 5.49. The molecule has 2 N–H and O–H groups in total. The summed E-state index contributed by atoms with van der Waals surface area (Å²) in [5.74, 6) is 0.0385. The molecule has 0 spiro atoms. The molecule has 5 nitrogen and oxygen atoms in total. The lowest BCUT2D eigenvalue weighted by Gasteiger charge is -2.33. The Bertz CT molecular complexity index is 489. The first-order valence-corrected chi connectivity index (χ1v) is 7.74. The molecule has 122 valence electrons. The van der Waals surface area contributed by atoms with Gasteiger partial charge < -0.3 is 15.4 Å². The van der Waals surface area contributed by atoms with E-state index in [2.05, 4.69) is 13.8 Å². The van der Waals surface area contributed by atoms with Gasteiger partial charge in [0, 0.05) is 17.6 Å². The van der Waals surface area contributed by atoms with Crippen molar-refractivity contribution in [3.63, 3.8) is 0 Å². The van der Waals surface area contributed by atoms with E-state index < -0.39 is 5.91 Å². The van der Waals surface area contributed by atoms with E-state index in [1.54, 1.807) is 24.3 Å². The number of carbonyl (C=O) groups excluding carboxylic acids is 2. The summed E-state index contributed by atoms with van der Waals surface area (Å²) < 4.78 is 5.53. The molecule has 0 fully saturated rings. The molecule has 0 bridgehead atoms. The minimum absolute atomic E-state index is 0.00933. The molecule has 1 rings (SSSR count). The summed E-state index contributed by atoms with van der Waals surface area (Å²) in [4.78, 5) is 25.3. The summed E-state index contributed by atoms with van der Waals surface area (Å²) in [6.45, 7) is 8.22. The number of primary amides is 1. The van der Waals surface area contributed by atoms with Crippen molar-refractivity contribution < 1.29 is 14.3 Å². The van der Waals surface area contributed by atoms with Crippen molar-refractivity contribution in [3.8, 4) is 5.75 Å². The molecular formula is C17H26N2O3. The molecule has 2 atom stereocenters. The highest BCUT2D eigenvalue weighted by Gasteiger charge is 2.23. The number of hydrogen-bond donors (Lipinski definition) is 1. The molecule has 2 amide bonds. The van der Waals surface area contributed by atoms with Crippen molar-refractivity contribution in [1.29, 1.82) is 0 Å². The number of hydrogen-bond acceptors (Lipinski definition) is 3. The first kappa shape index (κ1) is 18.0. The fourth-order valence-corrected chi connectivity index (χ4v) is 2.25. The quantitative estimate of drug-likeness (QED) is 0.802. The summed E-state index contributed by atoms with van der Waals surface area (Å²) in [7, 11) is 0. The SMILES string of the molecule is CC[C@@H](C)N(C(=O)COc1ccc(C(N)=O)cc1)[C@H](C)CC. The molecule has 0 aromatic heterocycles. The van der Waals surface area contributed by atoms with Crippen molar-refractivity contribution in [2.75, 3.05) is 6.61 Å². The van der Waals surface area contributed by atoms with E-state index in [4.69, 9.17) is 10.5 Å². The van der Waals surface area contributed by atoms with E-state index in [1.165, 1.54) is 0 Å². The molecule has 0 aliphatic rings. The third-order valence-corrected chi connectivity index (χ3v) is 3.92. The van der Waals surface area contributed by atoms with Crippen LogP contribution in [-0.2, 0) is 4.79 Å². The summed E-state index contributed by atoms with van der Waals surface area (Å²) in [5.41, 5.74) is 5.60. The minimum atomic E-state index is -0.484. The van der Waals surface area contributed by atoms with Gasteiger partial charge in [0.25, 0.3) is 5.91 Å². The van der Waals surface area contributed by atoms with Crippen molar-refractivity contribution >= 4 is 11.8 Å². The van der Waals surface area contributed by atoms with Crippen LogP contribution in [0.15, 0.2) is 24.3 Å². The normalized spacial score (nSPS) is 13.3. The van der Waals surface area contributed by atoms with E-state index in [1.807, 2.05) is 18.7 Å². The highest BCUT2D eigenvalue weighted by Crippen LogP contribution is 2.15. The number of amides is 2. The van der Waals surface area contributed by atoms with E-state index in [0.29, 0.717) is 11.3 Å². The zero-order valence-electron chi connectivity index (χ0n) is 13.8. The van der Waals surface area contributed by atoms with Gasteiger partial charge in [-0.05, 0) is 51.0 Å². The molecule has 5 heteroatoms. The molecule has 0 saturated carbocycles. The first-order chi connectivity index (χ1) is 10.4. The van der Waals surface area contributed by atoms with Crippen molar-refractivity contribution in [3.05, 3.63) is 29.8 Å². The summed E-state index contributed by atoms with van der Waals surface area (Å²) in [6, 6.07) is 6.83. The third-order valence-electron chi connectivity index (χ3n) is 3.92. The number of carbonyl (C=O) groups is 2. The Morgan fingerprint density at radius 2 is 1.59 bits per heavy atom. The van der Waals surface area contributed by atoms with Gasteiger partial charge in [-0.25, -0.2) is 0 Å². The Morgan fingerprint density at radius 1 is 1.09 bits per heavy atom. The second kappa shape index (κ2) is 8.41. The van der Waals surface area contributed by atoms with Crippen LogP contribution < -0.4 is 10.5 Å². The first-order valence-electron chi connectivity index (χ1n) is 7.74. The molecule has 0 unspecified atom stereocenters. The average Bonchev–Trinajstić information content (AvgIpc) is 2.52. The maximum atomic E-state index is 12.4. The van der Waals surface area contributed by atoms with Gasteiger partial charge in [0.15, 0.2) is 6.61 Å². The molecule has 0 radical (unpaired) electrons. The number of benzene rings is 1. The summed E-state index contributed by atoms with van der Waals surface area (Å²) >= 11 is 0. The molecule has 0 aliphatic carbocycles. The lowest BCUT2D eigenvalue weighted by molar-refractivity contribution is -0.137. The monoisotopic (exact) mass is 306 g/mol. The summed E-state index contributed by atoms with van der Waals surface area (Å²) in [6.07, 6.45) is 1.81. The van der Waals surface area contributed by atoms with Gasteiger partial charge in [-0.1, -0.05) is 13.8 Å². The van der Waals surface area contributed by atoms with E-state index in [0.717, 1.165) is 12.8 Å². The highest BCUT2D eigenvalue weighted by molar-refractivity contribution is 5.92. The number of nitrogens with zero attached hydrogens (tertiary/aromatic N) is 1. The lowest BCUT2D eigenvalue weighted by Crippen LogP contribution is -2.46. The van der Waals surface area contributed by atoms with E-state index in [-0.39, 0.29) is 24.6 Å². The molecule has 1 aromatic rings. The Labute approximate surface area is 132 Å². The van der Waals surface area contributed by atoms with Crippen LogP contribution in [0.3, 0.4) is 0 Å². The van der Waals surface area contributed by atoms with Crippen LogP contribution in [0.25, 0.3) is 0 Å². The van der Waals surface area contributed by atoms with Gasteiger partial charge in [0.05, 0.1) is 0 Å². The van der Waals surface area contributed by atoms with Crippen LogP contribution in [0.2, 0.25) is 0 Å². The van der Waals surface area contributed by atoms with E-state index >= 15 is 0 Å². The van der Waals surface area contributed by atoms with Crippen LogP contribution >= 0.6 is 0 Å². The number of ether oxygens (including phenoxy) is 1. The van der Waals surface area contributed by atoms with Gasteiger partial charge in [-0.15, -0.1) is 0 Å². The topological polar surface area (TPSA) is 72.6 Å². The Kier molecular flexibility index (Phi) is 6.89. The fourth-order valence-electron chi connectivity index (χ4n) is 2.25. The molecule has 0 saturated heterocycles. The minimum Gasteiger partial charge on any atom is -0.484 e. The zero-order valence-corrected chi connectivity index (χ0v) is 13.8. The van der Waals surface area contributed by atoms with Crippen LogP contribution in [0.5, 0.6) is 5.75 Å². The molecule has 0 heterocycles. The molecule has 1 aromatic carbocycles. The Morgan fingerprint density at radius 3 is 2.00 bits per heavy atom. The predicted molar refractivity (Wildman–Crippen MR) is 86.8 cm³/mol. The number of nitrogens with two attached hydrogens (primary N) is 1. The van der Waals surface area contributed by atoms with Crippen molar-refractivity contribution in [1.82, 2.24) is 4.90 Å². The zero-order chi connectivity index (χ0) is 16.7. The smallest absolute Gasteiger partial charge is 0.260 e. The molecule has 22 heavy (non-hydrogen) atoms. The maximum Gasteiger partial charge on any atom is 0.260 e. The second-order valence-electron chi connectivity index (χ2n) is 5.49. The standard InChI is InChI=1S/C17H26N2O3/c1-5-12(3)19(13(4)6-2)16(20)11-22-15-9-7-14(8-10-15)17(18)21/h7-10,12-13H,5-6,11H2,1-4H3,(H2,18,21)/t12-,13-/m1/s1. The van der Waals surface area contributed by atoms with E-state index in [9.17, 15) is 9.59 Å². The fraction of sp³-hybridized carbons (Fsp3) is 0.529. The van der Waals surface area contributed by atoms with Crippen LogP contribution in [0, 0.1) is 0 Å². The average molecular weight is 306 g/mol. The lowest BCUT2D eigenvalue weighted by atomic mass is 10.1. The predicted octanol–water partition coefficient (Wildman–Crippen LogP) is 2.59. The third kappa shape index (κ3) is 4.76. The van der Waals surface area contributed by atoms with Gasteiger partial charge >= 0.3 is 0 Å². The maximum absolute atomic E-state index is 12.4. The highest BCUT2D eigenvalue weighted by atomic mass is 16.5. The van der Waals surface area contributed by atoms with Gasteiger partial charge in [0.1, 0.15) is 5.75 Å². The van der Waals surface area contributed by atoms with Crippen LogP contribution in [-0.4, -0.2) is 35.4 Å².